The quantitative estimate of drug-likeness (QED) is 0.848. The Hall–Kier alpha value is -1.84. The first kappa shape index (κ1) is 10.7. The minimum atomic E-state index is 0.338. The highest BCUT2D eigenvalue weighted by Gasteiger charge is 2.07. The first-order chi connectivity index (χ1) is 7.75. The van der Waals surface area contributed by atoms with E-state index >= 15 is 0 Å². The maximum absolute atomic E-state index is 4.07. The van der Waals surface area contributed by atoms with Gasteiger partial charge in [-0.3, -0.25) is 0 Å². The fraction of sp³-hybridized carbons (Fsp3) is 0.333. The monoisotopic (exact) mass is 216 g/mol. The molecule has 1 aromatic heterocycles. The van der Waals surface area contributed by atoms with Crippen LogP contribution in [0.5, 0.6) is 0 Å². The molecule has 16 heavy (non-hydrogen) atoms. The number of nitrogens with one attached hydrogen (secondary N) is 1. The average molecular weight is 216 g/mol. The molecule has 0 aliphatic carbocycles. The number of hydrogen-bond acceptors (Lipinski definition) is 3. The van der Waals surface area contributed by atoms with E-state index in [4.69, 9.17) is 0 Å². The Bertz CT molecular complexity index is 435. The van der Waals surface area contributed by atoms with Gasteiger partial charge in [-0.05, 0) is 19.1 Å². The smallest absolute Gasteiger partial charge is 0.134 e. The number of anilines is 1. The Morgan fingerprint density at radius 3 is 2.69 bits per heavy atom. The fourth-order valence-corrected chi connectivity index (χ4v) is 1.64. The maximum atomic E-state index is 4.07. The molecule has 0 fully saturated rings. The number of nitrogens with zero attached hydrogens (tertiary/aromatic N) is 3. The summed E-state index contributed by atoms with van der Waals surface area (Å²) >= 11 is 0. The van der Waals surface area contributed by atoms with Crippen LogP contribution in [0.2, 0.25) is 0 Å². The van der Waals surface area contributed by atoms with E-state index in [2.05, 4.69) is 34.6 Å². The SMILES string of the molecule is C[C@H](Cc1nncn1C)Nc1ccccc1. The molecule has 1 atom stereocenters. The Balaban J connectivity index is 1.95. The van der Waals surface area contributed by atoms with Crippen LogP contribution in [0.25, 0.3) is 0 Å². The van der Waals surface area contributed by atoms with E-state index in [1.165, 1.54) is 0 Å². The van der Waals surface area contributed by atoms with Gasteiger partial charge in [0.15, 0.2) is 0 Å². The molecule has 0 amide bonds. The third-order valence-corrected chi connectivity index (χ3v) is 2.48. The van der Waals surface area contributed by atoms with Crippen molar-refractivity contribution in [1.82, 2.24) is 14.8 Å². The Morgan fingerprint density at radius 1 is 1.31 bits per heavy atom. The van der Waals surface area contributed by atoms with Crippen molar-refractivity contribution >= 4 is 5.69 Å². The van der Waals surface area contributed by atoms with Gasteiger partial charge in [-0.1, -0.05) is 18.2 Å². The highest BCUT2D eigenvalue weighted by Crippen LogP contribution is 2.09. The van der Waals surface area contributed by atoms with Crippen LogP contribution in [0.4, 0.5) is 5.69 Å². The van der Waals surface area contributed by atoms with E-state index in [9.17, 15) is 0 Å². The van der Waals surface area contributed by atoms with E-state index < -0.39 is 0 Å². The standard InChI is InChI=1S/C12H16N4/c1-10(8-12-15-13-9-16(12)2)14-11-6-4-3-5-7-11/h3-7,9-10,14H,8H2,1-2H3/t10-/m1/s1. The largest absolute Gasteiger partial charge is 0.382 e. The first-order valence-electron chi connectivity index (χ1n) is 5.40. The van der Waals surface area contributed by atoms with E-state index in [1.54, 1.807) is 6.33 Å². The van der Waals surface area contributed by atoms with Crippen molar-refractivity contribution in [2.75, 3.05) is 5.32 Å². The molecule has 0 saturated carbocycles. The zero-order chi connectivity index (χ0) is 11.4. The molecule has 0 bridgehead atoms. The number of benzene rings is 1. The maximum Gasteiger partial charge on any atom is 0.134 e. The Kier molecular flexibility index (Phi) is 3.19. The van der Waals surface area contributed by atoms with Crippen LogP contribution in [0.1, 0.15) is 12.7 Å². The average Bonchev–Trinajstić information content (AvgIpc) is 2.66. The van der Waals surface area contributed by atoms with Gasteiger partial charge in [0.05, 0.1) is 0 Å². The van der Waals surface area contributed by atoms with Crippen molar-refractivity contribution in [2.45, 2.75) is 19.4 Å². The van der Waals surface area contributed by atoms with Crippen LogP contribution in [0.3, 0.4) is 0 Å². The lowest BCUT2D eigenvalue weighted by Crippen LogP contribution is -2.19. The van der Waals surface area contributed by atoms with Crippen molar-refractivity contribution in [3.63, 3.8) is 0 Å². The van der Waals surface area contributed by atoms with E-state index in [1.807, 2.05) is 29.8 Å². The van der Waals surface area contributed by atoms with Gasteiger partial charge in [0.2, 0.25) is 0 Å². The van der Waals surface area contributed by atoms with Gasteiger partial charge < -0.3 is 9.88 Å². The molecule has 2 rings (SSSR count). The summed E-state index contributed by atoms with van der Waals surface area (Å²) < 4.78 is 1.95. The summed E-state index contributed by atoms with van der Waals surface area (Å²) in [6.45, 7) is 2.14. The van der Waals surface area contributed by atoms with Crippen LogP contribution in [-0.2, 0) is 13.5 Å². The predicted molar refractivity (Wildman–Crippen MR) is 64.2 cm³/mol. The van der Waals surface area contributed by atoms with Crippen molar-refractivity contribution in [3.05, 3.63) is 42.5 Å². The lowest BCUT2D eigenvalue weighted by atomic mass is 10.2. The van der Waals surface area contributed by atoms with Gasteiger partial charge in [0.1, 0.15) is 12.2 Å². The molecule has 84 valence electrons. The second-order valence-electron chi connectivity index (χ2n) is 3.97. The van der Waals surface area contributed by atoms with Crippen LogP contribution >= 0.6 is 0 Å². The minimum absolute atomic E-state index is 0.338. The van der Waals surface area contributed by atoms with Crippen LogP contribution < -0.4 is 5.32 Å². The second-order valence-corrected chi connectivity index (χ2v) is 3.97. The summed E-state index contributed by atoms with van der Waals surface area (Å²) in [6.07, 6.45) is 2.59. The summed E-state index contributed by atoms with van der Waals surface area (Å²) in [7, 11) is 1.96. The zero-order valence-corrected chi connectivity index (χ0v) is 9.59. The molecular formula is C12H16N4. The fourth-order valence-electron chi connectivity index (χ4n) is 1.64. The van der Waals surface area contributed by atoms with Gasteiger partial charge in [-0.15, -0.1) is 10.2 Å². The van der Waals surface area contributed by atoms with Gasteiger partial charge in [-0.2, -0.15) is 0 Å². The van der Waals surface area contributed by atoms with Crippen molar-refractivity contribution in [1.29, 1.82) is 0 Å². The van der Waals surface area contributed by atoms with Crippen molar-refractivity contribution in [2.24, 2.45) is 7.05 Å². The third-order valence-electron chi connectivity index (χ3n) is 2.48. The highest BCUT2D eigenvalue weighted by molar-refractivity contribution is 5.43. The molecule has 0 saturated heterocycles. The summed E-state index contributed by atoms with van der Waals surface area (Å²) in [5.41, 5.74) is 1.14. The Morgan fingerprint density at radius 2 is 2.06 bits per heavy atom. The molecule has 0 spiro atoms. The number of aryl methyl sites for hydroxylation is 1. The lowest BCUT2D eigenvalue weighted by Gasteiger charge is -2.14. The molecule has 0 aliphatic rings. The molecule has 4 nitrogen and oxygen atoms in total. The summed E-state index contributed by atoms with van der Waals surface area (Å²) in [6, 6.07) is 10.5. The van der Waals surface area contributed by atoms with Crippen LogP contribution in [0.15, 0.2) is 36.7 Å². The van der Waals surface area contributed by atoms with Crippen LogP contribution in [-0.4, -0.2) is 20.8 Å². The van der Waals surface area contributed by atoms with E-state index in [0.29, 0.717) is 6.04 Å². The molecule has 4 heteroatoms. The number of para-hydroxylation sites is 1. The van der Waals surface area contributed by atoms with Gasteiger partial charge in [-0.25, -0.2) is 0 Å². The van der Waals surface area contributed by atoms with E-state index in [0.717, 1.165) is 17.9 Å². The molecule has 1 heterocycles. The predicted octanol–water partition coefficient (Wildman–Crippen LogP) is 1.86. The topological polar surface area (TPSA) is 42.7 Å². The molecule has 1 aromatic carbocycles. The third kappa shape index (κ3) is 2.59. The first-order valence-corrected chi connectivity index (χ1v) is 5.40. The molecule has 2 aromatic rings. The van der Waals surface area contributed by atoms with Gasteiger partial charge in [0.25, 0.3) is 0 Å². The second kappa shape index (κ2) is 4.79. The molecule has 1 N–H and O–H groups in total. The molecule has 0 aliphatic heterocycles. The minimum Gasteiger partial charge on any atom is -0.382 e. The van der Waals surface area contributed by atoms with Gasteiger partial charge >= 0.3 is 0 Å². The summed E-state index contributed by atoms with van der Waals surface area (Å²) in [5, 5.41) is 11.4. The highest BCUT2D eigenvalue weighted by atomic mass is 15.2. The normalized spacial score (nSPS) is 12.4. The molecular weight excluding hydrogens is 200 g/mol. The zero-order valence-electron chi connectivity index (χ0n) is 9.59. The van der Waals surface area contributed by atoms with Gasteiger partial charge in [0, 0.05) is 25.2 Å². The number of hydrogen-bond donors (Lipinski definition) is 1. The number of aromatic nitrogens is 3. The van der Waals surface area contributed by atoms with Crippen LogP contribution in [0, 0.1) is 0 Å². The van der Waals surface area contributed by atoms with Crippen molar-refractivity contribution in [3.8, 4) is 0 Å². The Labute approximate surface area is 95.3 Å². The summed E-state index contributed by atoms with van der Waals surface area (Å²) in [5.74, 6) is 0.996. The summed E-state index contributed by atoms with van der Waals surface area (Å²) in [4.78, 5) is 0. The lowest BCUT2D eigenvalue weighted by molar-refractivity contribution is 0.701. The van der Waals surface area contributed by atoms with E-state index in [-0.39, 0.29) is 0 Å². The van der Waals surface area contributed by atoms with Crippen molar-refractivity contribution < 1.29 is 0 Å². The molecule has 0 radical (unpaired) electrons. The molecule has 0 unspecified atom stereocenters. The number of rotatable bonds is 4.